The summed E-state index contributed by atoms with van der Waals surface area (Å²) in [6, 6.07) is 9.24. The maximum absolute atomic E-state index is 12.8. The summed E-state index contributed by atoms with van der Waals surface area (Å²) < 4.78 is 5.37. The first-order valence-electron chi connectivity index (χ1n) is 9.40. The van der Waals surface area contributed by atoms with Gasteiger partial charge < -0.3 is 9.64 Å². The van der Waals surface area contributed by atoms with Gasteiger partial charge in [0.05, 0.1) is 18.7 Å². The Morgan fingerprint density at radius 3 is 2.87 bits per heavy atom. The molecule has 4 heterocycles. The summed E-state index contributed by atoms with van der Waals surface area (Å²) >= 11 is 1.46. The highest BCUT2D eigenvalue weighted by Crippen LogP contribution is 2.24. The number of ether oxygens (including phenoxy) is 1. The Morgan fingerprint density at radius 1 is 1.13 bits per heavy atom. The van der Waals surface area contributed by atoms with Crippen molar-refractivity contribution in [2.24, 2.45) is 0 Å². The number of nitrogens with zero attached hydrogens (tertiary/aromatic N) is 6. The molecular weight excluding hydrogens is 402 g/mol. The Kier molecular flexibility index (Phi) is 4.99. The number of pyridine rings is 1. The van der Waals surface area contributed by atoms with Crippen LogP contribution in [-0.2, 0) is 4.74 Å². The van der Waals surface area contributed by atoms with Crippen LogP contribution in [0.15, 0.2) is 48.2 Å². The van der Waals surface area contributed by atoms with E-state index < -0.39 is 0 Å². The number of hydrogen-bond donors (Lipinski definition) is 1. The molecule has 0 atom stereocenters. The standard InChI is InChI=1S/C20H17N7O2S/c28-18(13-3-4-21-17(10-13)27-5-7-29-8-6-27)25-20-22-11-15-2-1-14(9-16(15)24-20)19-26-23-12-30-19/h1-4,9-12H,5-8H2,(H,22,24,25,28). The molecule has 0 saturated carbocycles. The molecule has 0 unspecified atom stereocenters. The molecule has 1 aliphatic heterocycles. The number of anilines is 2. The third-order valence-corrected chi connectivity index (χ3v) is 5.50. The molecule has 1 fully saturated rings. The number of benzene rings is 1. The molecule has 4 aromatic rings. The second-order valence-electron chi connectivity index (χ2n) is 6.67. The van der Waals surface area contributed by atoms with Crippen LogP contribution < -0.4 is 10.2 Å². The first kappa shape index (κ1) is 18.5. The van der Waals surface area contributed by atoms with Crippen molar-refractivity contribution in [3.05, 3.63) is 53.8 Å². The van der Waals surface area contributed by atoms with Crippen LogP contribution in [0.4, 0.5) is 11.8 Å². The molecule has 10 heteroatoms. The normalized spacial score (nSPS) is 14.1. The number of amides is 1. The lowest BCUT2D eigenvalue weighted by Gasteiger charge is -2.27. The SMILES string of the molecule is O=C(Nc1ncc2ccc(-c3nncs3)cc2n1)c1ccnc(N2CCOCC2)c1. The lowest BCUT2D eigenvalue weighted by atomic mass is 10.1. The number of fused-ring (bicyclic) bond motifs is 1. The third kappa shape index (κ3) is 3.82. The summed E-state index contributed by atoms with van der Waals surface area (Å²) in [5.74, 6) is 0.713. The van der Waals surface area contributed by atoms with Gasteiger partial charge in [-0.3, -0.25) is 10.1 Å². The van der Waals surface area contributed by atoms with E-state index in [1.165, 1.54) is 11.3 Å². The van der Waals surface area contributed by atoms with Crippen molar-refractivity contribution in [1.82, 2.24) is 25.1 Å². The van der Waals surface area contributed by atoms with Crippen LogP contribution in [0.1, 0.15) is 10.4 Å². The van der Waals surface area contributed by atoms with E-state index >= 15 is 0 Å². The maximum atomic E-state index is 12.8. The van der Waals surface area contributed by atoms with Crippen molar-refractivity contribution in [3.63, 3.8) is 0 Å². The lowest BCUT2D eigenvalue weighted by molar-refractivity contribution is 0.102. The van der Waals surface area contributed by atoms with Crippen molar-refractivity contribution in [2.75, 3.05) is 36.5 Å². The van der Waals surface area contributed by atoms with Gasteiger partial charge in [-0.25, -0.2) is 15.0 Å². The van der Waals surface area contributed by atoms with Crippen molar-refractivity contribution in [3.8, 4) is 10.6 Å². The summed E-state index contributed by atoms with van der Waals surface area (Å²) in [5, 5.41) is 12.4. The molecule has 30 heavy (non-hydrogen) atoms. The van der Waals surface area contributed by atoms with E-state index in [0.717, 1.165) is 40.4 Å². The highest BCUT2D eigenvalue weighted by molar-refractivity contribution is 7.12. The van der Waals surface area contributed by atoms with Crippen LogP contribution >= 0.6 is 11.3 Å². The van der Waals surface area contributed by atoms with Gasteiger partial charge in [0.25, 0.3) is 5.91 Å². The van der Waals surface area contributed by atoms with Crippen molar-refractivity contribution in [2.45, 2.75) is 0 Å². The minimum Gasteiger partial charge on any atom is -0.378 e. The van der Waals surface area contributed by atoms with Gasteiger partial charge in [-0.2, -0.15) is 0 Å². The van der Waals surface area contributed by atoms with E-state index in [0.29, 0.717) is 18.8 Å². The van der Waals surface area contributed by atoms with Gasteiger partial charge in [0.1, 0.15) is 16.3 Å². The molecule has 3 aromatic heterocycles. The average Bonchev–Trinajstić information content (AvgIpc) is 3.34. The zero-order valence-electron chi connectivity index (χ0n) is 15.9. The van der Waals surface area contributed by atoms with Gasteiger partial charge in [-0.1, -0.05) is 23.5 Å². The Hall–Kier alpha value is -3.50. The second-order valence-corrected chi connectivity index (χ2v) is 7.50. The highest BCUT2D eigenvalue weighted by atomic mass is 32.1. The number of hydrogen-bond acceptors (Lipinski definition) is 9. The topological polar surface area (TPSA) is 106 Å². The van der Waals surface area contributed by atoms with Gasteiger partial charge in [0, 0.05) is 42.0 Å². The number of aromatic nitrogens is 5. The number of carbonyl (C=O) groups excluding carboxylic acids is 1. The Labute approximate surface area is 175 Å². The monoisotopic (exact) mass is 419 g/mol. The quantitative estimate of drug-likeness (QED) is 0.538. The largest absolute Gasteiger partial charge is 0.378 e. The molecule has 5 rings (SSSR count). The summed E-state index contributed by atoms with van der Waals surface area (Å²) in [5.41, 5.74) is 3.82. The predicted octanol–water partition coefficient (Wildman–Crippen LogP) is 2.63. The molecule has 1 amide bonds. The number of nitrogens with one attached hydrogen (secondary N) is 1. The van der Waals surface area contributed by atoms with E-state index in [1.807, 2.05) is 18.2 Å². The molecule has 9 nitrogen and oxygen atoms in total. The Bertz CT molecular complexity index is 1190. The second kappa shape index (κ2) is 8.09. The van der Waals surface area contributed by atoms with E-state index in [-0.39, 0.29) is 11.9 Å². The van der Waals surface area contributed by atoms with Gasteiger partial charge in [0.15, 0.2) is 0 Å². The molecule has 1 aliphatic rings. The molecule has 150 valence electrons. The Balaban J connectivity index is 1.37. The summed E-state index contributed by atoms with van der Waals surface area (Å²) in [4.78, 5) is 28.0. The van der Waals surface area contributed by atoms with Gasteiger partial charge >= 0.3 is 0 Å². The van der Waals surface area contributed by atoms with Gasteiger partial charge in [-0.05, 0) is 18.2 Å². The number of carbonyl (C=O) groups is 1. The zero-order valence-corrected chi connectivity index (χ0v) is 16.7. The maximum Gasteiger partial charge on any atom is 0.258 e. The van der Waals surface area contributed by atoms with E-state index in [2.05, 4.69) is 35.4 Å². The highest BCUT2D eigenvalue weighted by Gasteiger charge is 2.15. The van der Waals surface area contributed by atoms with Crippen LogP contribution in [0.5, 0.6) is 0 Å². The van der Waals surface area contributed by atoms with Crippen LogP contribution in [0.2, 0.25) is 0 Å². The third-order valence-electron chi connectivity index (χ3n) is 4.76. The van der Waals surface area contributed by atoms with E-state index in [9.17, 15) is 4.79 Å². The predicted molar refractivity (Wildman–Crippen MR) is 114 cm³/mol. The fourth-order valence-electron chi connectivity index (χ4n) is 3.21. The van der Waals surface area contributed by atoms with Crippen LogP contribution in [0.25, 0.3) is 21.5 Å². The van der Waals surface area contributed by atoms with Crippen LogP contribution in [-0.4, -0.2) is 57.4 Å². The minimum atomic E-state index is -0.286. The molecule has 1 aromatic carbocycles. The molecule has 0 radical (unpaired) electrons. The summed E-state index contributed by atoms with van der Waals surface area (Å²) in [7, 11) is 0. The number of rotatable bonds is 4. The molecule has 0 bridgehead atoms. The molecule has 1 saturated heterocycles. The zero-order chi connectivity index (χ0) is 20.3. The fourth-order valence-corrected chi connectivity index (χ4v) is 3.77. The summed E-state index contributed by atoms with van der Waals surface area (Å²) in [6.07, 6.45) is 3.32. The fraction of sp³-hybridized carbons (Fsp3) is 0.200. The van der Waals surface area contributed by atoms with Crippen molar-refractivity contribution in [1.29, 1.82) is 0 Å². The molecule has 1 N–H and O–H groups in total. The first-order chi connectivity index (χ1) is 14.8. The van der Waals surface area contributed by atoms with Crippen LogP contribution in [0.3, 0.4) is 0 Å². The molecule has 0 aliphatic carbocycles. The van der Waals surface area contributed by atoms with E-state index in [1.54, 1.807) is 30.0 Å². The lowest BCUT2D eigenvalue weighted by Crippen LogP contribution is -2.36. The smallest absolute Gasteiger partial charge is 0.258 e. The van der Waals surface area contributed by atoms with E-state index in [4.69, 9.17) is 4.74 Å². The van der Waals surface area contributed by atoms with Crippen molar-refractivity contribution < 1.29 is 9.53 Å². The molecule has 0 spiro atoms. The van der Waals surface area contributed by atoms with Crippen molar-refractivity contribution >= 4 is 39.9 Å². The average molecular weight is 419 g/mol. The van der Waals surface area contributed by atoms with Crippen LogP contribution in [0, 0.1) is 0 Å². The Morgan fingerprint density at radius 2 is 2.03 bits per heavy atom. The first-order valence-corrected chi connectivity index (χ1v) is 10.3. The van der Waals surface area contributed by atoms with Gasteiger partial charge in [-0.15, -0.1) is 10.2 Å². The number of morpholine rings is 1. The molecular formula is C20H17N7O2S. The summed E-state index contributed by atoms with van der Waals surface area (Å²) in [6.45, 7) is 2.82. The minimum absolute atomic E-state index is 0.242. The van der Waals surface area contributed by atoms with Gasteiger partial charge in [0.2, 0.25) is 5.95 Å².